The van der Waals surface area contributed by atoms with Gasteiger partial charge in [-0.1, -0.05) is 56.5 Å². The fourth-order valence-electron chi connectivity index (χ4n) is 4.01. The average Bonchev–Trinajstić information content (AvgIpc) is 2.69. The molecule has 1 aliphatic rings. The smallest absolute Gasteiger partial charge is 0.263 e. The molecular weight excluding hydrogens is 348 g/mol. The van der Waals surface area contributed by atoms with E-state index in [1.807, 2.05) is 28.8 Å². The van der Waals surface area contributed by atoms with Crippen LogP contribution in [-0.2, 0) is 25.8 Å². The zero-order valence-corrected chi connectivity index (χ0v) is 17.0. The SMILES string of the molecule is CCCCn1c2c(cc(C(=O)NCCc3ccccc3)c1=O)CCCCCC2. The van der Waals surface area contributed by atoms with Gasteiger partial charge in [-0.2, -0.15) is 0 Å². The Morgan fingerprint density at radius 2 is 1.82 bits per heavy atom. The second-order valence-electron chi connectivity index (χ2n) is 7.75. The first-order valence-corrected chi connectivity index (χ1v) is 10.8. The molecule has 28 heavy (non-hydrogen) atoms. The van der Waals surface area contributed by atoms with Gasteiger partial charge in [0.2, 0.25) is 0 Å². The van der Waals surface area contributed by atoms with Crippen LogP contribution in [0.1, 0.15) is 72.6 Å². The number of hydrogen-bond acceptors (Lipinski definition) is 2. The number of amides is 1. The molecule has 0 radical (unpaired) electrons. The highest BCUT2D eigenvalue weighted by atomic mass is 16.2. The second-order valence-corrected chi connectivity index (χ2v) is 7.75. The highest BCUT2D eigenvalue weighted by Crippen LogP contribution is 2.20. The van der Waals surface area contributed by atoms with Gasteiger partial charge in [-0.3, -0.25) is 9.59 Å². The highest BCUT2D eigenvalue weighted by Gasteiger charge is 2.19. The molecule has 0 unspecified atom stereocenters. The van der Waals surface area contributed by atoms with Crippen LogP contribution in [0.15, 0.2) is 41.2 Å². The van der Waals surface area contributed by atoms with Crippen LogP contribution in [0.4, 0.5) is 0 Å². The topological polar surface area (TPSA) is 51.1 Å². The Kier molecular flexibility index (Phi) is 7.46. The normalized spacial score (nSPS) is 14.0. The third-order valence-corrected chi connectivity index (χ3v) is 5.62. The zero-order chi connectivity index (χ0) is 19.8. The molecule has 4 heteroatoms. The minimum Gasteiger partial charge on any atom is -0.352 e. The van der Waals surface area contributed by atoms with Crippen molar-refractivity contribution < 1.29 is 4.79 Å². The molecule has 0 saturated heterocycles. The summed E-state index contributed by atoms with van der Waals surface area (Å²) in [6.07, 6.45) is 9.39. The zero-order valence-electron chi connectivity index (χ0n) is 17.0. The van der Waals surface area contributed by atoms with Gasteiger partial charge in [-0.05, 0) is 55.7 Å². The molecule has 0 fully saturated rings. The molecule has 1 heterocycles. The van der Waals surface area contributed by atoms with Crippen molar-refractivity contribution in [3.63, 3.8) is 0 Å². The highest BCUT2D eigenvalue weighted by molar-refractivity contribution is 5.94. The fraction of sp³-hybridized carbons (Fsp3) is 0.500. The summed E-state index contributed by atoms with van der Waals surface area (Å²) in [6.45, 7) is 3.38. The number of aryl methyl sites for hydroxylation is 1. The predicted octanol–water partition coefficient (Wildman–Crippen LogP) is 4.28. The monoisotopic (exact) mass is 380 g/mol. The Balaban J connectivity index is 1.81. The molecule has 1 aliphatic carbocycles. The Hall–Kier alpha value is -2.36. The molecular formula is C24H32N2O2. The molecule has 3 rings (SSSR count). The minimum absolute atomic E-state index is 0.120. The van der Waals surface area contributed by atoms with Crippen LogP contribution in [0.25, 0.3) is 0 Å². The quantitative estimate of drug-likeness (QED) is 0.779. The van der Waals surface area contributed by atoms with Crippen molar-refractivity contribution in [1.29, 1.82) is 0 Å². The van der Waals surface area contributed by atoms with E-state index in [0.29, 0.717) is 18.7 Å². The van der Waals surface area contributed by atoms with Crippen LogP contribution in [0.5, 0.6) is 0 Å². The minimum atomic E-state index is -0.240. The summed E-state index contributed by atoms with van der Waals surface area (Å²) < 4.78 is 1.90. The third-order valence-electron chi connectivity index (χ3n) is 5.62. The average molecular weight is 381 g/mol. The van der Waals surface area contributed by atoms with Gasteiger partial charge >= 0.3 is 0 Å². The predicted molar refractivity (Wildman–Crippen MR) is 114 cm³/mol. The van der Waals surface area contributed by atoms with Crippen molar-refractivity contribution in [3.05, 3.63) is 69.1 Å². The first-order valence-electron chi connectivity index (χ1n) is 10.8. The Labute approximate surface area is 168 Å². The number of nitrogens with zero attached hydrogens (tertiary/aromatic N) is 1. The molecule has 0 atom stereocenters. The van der Waals surface area contributed by atoms with E-state index in [1.165, 1.54) is 29.7 Å². The molecule has 0 bridgehead atoms. The summed E-state index contributed by atoms with van der Waals surface area (Å²) >= 11 is 0. The van der Waals surface area contributed by atoms with Crippen molar-refractivity contribution in [2.45, 2.75) is 71.3 Å². The van der Waals surface area contributed by atoms with Crippen LogP contribution in [0.2, 0.25) is 0 Å². The number of carbonyl (C=O) groups excluding carboxylic acids is 1. The van der Waals surface area contributed by atoms with Gasteiger partial charge in [0.05, 0.1) is 0 Å². The largest absolute Gasteiger partial charge is 0.352 e. The number of rotatable bonds is 7. The maximum atomic E-state index is 13.1. The number of unbranched alkanes of at least 4 members (excludes halogenated alkanes) is 1. The van der Waals surface area contributed by atoms with Gasteiger partial charge in [0.15, 0.2) is 0 Å². The van der Waals surface area contributed by atoms with Gasteiger partial charge in [0.1, 0.15) is 5.56 Å². The summed E-state index contributed by atoms with van der Waals surface area (Å²) in [5.74, 6) is -0.240. The van der Waals surface area contributed by atoms with E-state index < -0.39 is 0 Å². The van der Waals surface area contributed by atoms with Gasteiger partial charge in [-0.25, -0.2) is 0 Å². The molecule has 2 aromatic rings. The Morgan fingerprint density at radius 1 is 1.07 bits per heavy atom. The lowest BCUT2D eigenvalue weighted by atomic mass is 9.95. The van der Waals surface area contributed by atoms with E-state index >= 15 is 0 Å². The Morgan fingerprint density at radius 3 is 2.57 bits per heavy atom. The molecule has 4 nitrogen and oxygen atoms in total. The number of aromatic nitrogens is 1. The lowest BCUT2D eigenvalue weighted by Gasteiger charge is -2.21. The van der Waals surface area contributed by atoms with Gasteiger partial charge < -0.3 is 9.88 Å². The maximum absolute atomic E-state index is 13.1. The number of hydrogen-bond donors (Lipinski definition) is 1. The number of pyridine rings is 1. The molecule has 1 N–H and O–H groups in total. The second kappa shape index (κ2) is 10.3. The van der Waals surface area contributed by atoms with E-state index in [4.69, 9.17) is 0 Å². The molecule has 0 saturated carbocycles. The molecule has 1 aromatic heterocycles. The summed E-state index contributed by atoms with van der Waals surface area (Å²) in [7, 11) is 0. The molecule has 150 valence electrons. The van der Waals surface area contributed by atoms with Crippen LogP contribution < -0.4 is 10.9 Å². The van der Waals surface area contributed by atoms with Gasteiger partial charge in [0.25, 0.3) is 11.5 Å². The molecule has 1 amide bonds. The van der Waals surface area contributed by atoms with Crippen molar-refractivity contribution >= 4 is 5.91 Å². The van der Waals surface area contributed by atoms with E-state index in [9.17, 15) is 9.59 Å². The van der Waals surface area contributed by atoms with Crippen LogP contribution >= 0.6 is 0 Å². The summed E-state index contributed by atoms with van der Waals surface area (Å²) in [5, 5.41) is 2.95. The summed E-state index contributed by atoms with van der Waals surface area (Å²) in [6, 6.07) is 12.0. The molecule has 0 spiro atoms. The number of fused-ring (bicyclic) bond motifs is 1. The first kappa shape index (κ1) is 20.4. The van der Waals surface area contributed by atoms with E-state index in [-0.39, 0.29) is 11.5 Å². The molecule has 0 aliphatic heterocycles. The van der Waals surface area contributed by atoms with E-state index in [2.05, 4.69) is 24.4 Å². The van der Waals surface area contributed by atoms with Gasteiger partial charge in [0, 0.05) is 18.8 Å². The maximum Gasteiger partial charge on any atom is 0.263 e. The van der Waals surface area contributed by atoms with Crippen molar-refractivity contribution in [2.75, 3.05) is 6.54 Å². The third kappa shape index (κ3) is 5.12. The fourth-order valence-corrected chi connectivity index (χ4v) is 4.01. The summed E-state index contributed by atoms with van der Waals surface area (Å²) in [4.78, 5) is 25.9. The van der Waals surface area contributed by atoms with Crippen LogP contribution in [-0.4, -0.2) is 17.0 Å². The van der Waals surface area contributed by atoms with Crippen LogP contribution in [0, 0.1) is 0 Å². The van der Waals surface area contributed by atoms with Crippen LogP contribution in [0.3, 0.4) is 0 Å². The number of carbonyl (C=O) groups is 1. The van der Waals surface area contributed by atoms with E-state index in [0.717, 1.165) is 44.9 Å². The number of nitrogens with one attached hydrogen (secondary N) is 1. The van der Waals surface area contributed by atoms with Crippen molar-refractivity contribution in [2.24, 2.45) is 0 Å². The standard InChI is InChI=1S/C24H32N2O2/c1-2-3-17-26-22-14-10-5-4-9-13-20(22)18-21(24(26)28)23(27)25-16-15-19-11-7-6-8-12-19/h6-8,11-12,18H,2-5,9-10,13-17H2,1H3,(H,25,27). The van der Waals surface area contributed by atoms with E-state index in [1.54, 1.807) is 0 Å². The summed E-state index contributed by atoms with van der Waals surface area (Å²) in [5.41, 5.74) is 3.73. The van der Waals surface area contributed by atoms with Gasteiger partial charge in [-0.15, -0.1) is 0 Å². The van der Waals surface area contributed by atoms with Crippen molar-refractivity contribution in [3.8, 4) is 0 Å². The number of benzene rings is 1. The molecule has 1 aromatic carbocycles. The first-order chi connectivity index (χ1) is 13.7. The Bertz CT molecular complexity index is 840. The van der Waals surface area contributed by atoms with Crippen molar-refractivity contribution in [1.82, 2.24) is 9.88 Å². The lowest BCUT2D eigenvalue weighted by Crippen LogP contribution is -2.36. The lowest BCUT2D eigenvalue weighted by molar-refractivity contribution is 0.0951.